The maximum Gasteiger partial charge on any atom is 0.161 e. The number of nitrogens with two attached hydrogens (primary N) is 1. The predicted molar refractivity (Wildman–Crippen MR) is 79.6 cm³/mol. The average Bonchev–Trinajstić information content (AvgIpc) is 2.52. The summed E-state index contributed by atoms with van der Waals surface area (Å²) in [4.78, 5) is 0. The lowest BCUT2D eigenvalue weighted by atomic mass is 9.70. The molecule has 0 radical (unpaired) electrons. The lowest BCUT2D eigenvalue weighted by molar-refractivity contribution is -0.146. The Morgan fingerprint density at radius 1 is 1.10 bits per heavy atom. The van der Waals surface area contributed by atoms with E-state index in [9.17, 15) is 0 Å². The second-order valence-electron chi connectivity index (χ2n) is 6.57. The Hall–Kier alpha value is -1.26. The largest absolute Gasteiger partial charge is 0.486 e. The number of ether oxygens (including phenoxy) is 3. The van der Waals surface area contributed by atoms with Gasteiger partial charge in [0.1, 0.15) is 13.2 Å². The third kappa shape index (κ3) is 2.40. The van der Waals surface area contributed by atoms with Crippen molar-refractivity contribution in [1.29, 1.82) is 0 Å². The average molecular weight is 289 g/mol. The summed E-state index contributed by atoms with van der Waals surface area (Å²) in [6.07, 6.45) is 5.86. The van der Waals surface area contributed by atoms with Crippen LogP contribution >= 0.6 is 0 Å². The van der Waals surface area contributed by atoms with Crippen molar-refractivity contribution < 1.29 is 14.2 Å². The zero-order valence-corrected chi connectivity index (χ0v) is 12.3. The molecule has 1 aliphatic carbocycles. The maximum atomic E-state index is 6.55. The minimum atomic E-state index is 0.0576. The lowest BCUT2D eigenvalue weighted by Crippen LogP contribution is -2.47. The molecule has 2 aliphatic heterocycles. The summed E-state index contributed by atoms with van der Waals surface area (Å²) in [5.74, 6) is 2.17. The van der Waals surface area contributed by atoms with Gasteiger partial charge in [-0.1, -0.05) is 6.07 Å². The minimum absolute atomic E-state index is 0.0576. The van der Waals surface area contributed by atoms with Crippen molar-refractivity contribution in [2.45, 2.75) is 43.7 Å². The van der Waals surface area contributed by atoms with Gasteiger partial charge in [0.05, 0.1) is 5.60 Å². The maximum absolute atomic E-state index is 6.55. The molecular weight excluding hydrogens is 266 g/mol. The van der Waals surface area contributed by atoms with E-state index in [2.05, 4.69) is 12.1 Å². The third-order valence-corrected chi connectivity index (χ3v) is 5.25. The minimum Gasteiger partial charge on any atom is -0.486 e. The Labute approximate surface area is 125 Å². The van der Waals surface area contributed by atoms with Crippen LogP contribution in [-0.4, -0.2) is 25.4 Å². The van der Waals surface area contributed by atoms with E-state index in [0.717, 1.165) is 36.5 Å². The van der Waals surface area contributed by atoms with Gasteiger partial charge in [0.25, 0.3) is 0 Å². The van der Waals surface area contributed by atoms with E-state index in [1.807, 2.05) is 6.07 Å². The fourth-order valence-electron chi connectivity index (χ4n) is 3.83. The molecule has 114 valence electrons. The smallest absolute Gasteiger partial charge is 0.161 e. The Morgan fingerprint density at radius 2 is 1.90 bits per heavy atom. The van der Waals surface area contributed by atoms with Crippen LogP contribution in [0.25, 0.3) is 0 Å². The van der Waals surface area contributed by atoms with Gasteiger partial charge in [-0.3, -0.25) is 0 Å². The van der Waals surface area contributed by atoms with Crippen LogP contribution in [0.15, 0.2) is 18.2 Å². The van der Waals surface area contributed by atoms with Gasteiger partial charge in [0.2, 0.25) is 0 Å². The highest BCUT2D eigenvalue weighted by molar-refractivity contribution is 5.44. The molecule has 2 N–H and O–H groups in total. The van der Waals surface area contributed by atoms with Crippen molar-refractivity contribution >= 4 is 0 Å². The molecule has 0 amide bonds. The zero-order valence-electron chi connectivity index (χ0n) is 12.3. The Morgan fingerprint density at radius 3 is 2.67 bits per heavy atom. The number of hydrogen-bond donors (Lipinski definition) is 1. The van der Waals surface area contributed by atoms with E-state index in [0.29, 0.717) is 19.1 Å². The molecule has 3 aliphatic rings. The molecule has 1 saturated carbocycles. The van der Waals surface area contributed by atoms with Gasteiger partial charge in [-0.15, -0.1) is 0 Å². The molecule has 1 saturated heterocycles. The van der Waals surface area contributed by atoms with Gasteiger partial charge < -0.3 is 19.9 Å². The highest BCUT2D eigenvalue weighted by atomic mass is 16.6. The number of hydrogen-bond acceptors (Lipinski definition) is 4. The van der Waals surface area contributed by atoms with Crippen LogP contribution in [0.1, 0.15) is 43.7 Å². The van der Waals surface area contributed by atoms with E-state index in [1.165, 1.54) is 19.3 Å². The molecular formula is C17H23NO3. The van der Waals surface area contributed by atoms with Gasteiger partial charge in [0.15, 0.2) is 11.5 Å². The van der Waals surface area contributed by atoms with Gasteiger partial charge >= 0.3 is 0 Å². The highest BCUT2D eigenvalue weighted by Crippen LogP contribution is 2.47. The molecule has 1 aromatic carbocycles. The topological polar surface area (TPSA) is 53.7 Å². The van der Waals surface area contributed by atoms with E-state index in [-0.39, 0.29) is 11.6 Å². The van der Waals surface area contributed by atoms with Crippen molar-refractivity contribution in [2.24, 2.45) is 11.7 Å². The van der Waals surface area contributed by atoms with E-state index in [1.54, 1.807) is 0 Å². The monoisotopic (exact) mass is 289 g/mol. The molecule has 2 fully saturated rings. The molecule has 21 heavy (non-hydrogen) atoms. The first-order valence-corrected chi connectivity index (χ1v) is 8.05. The van der Waals surface area contributed by atoms with Crippen LogP contribution in [0.5, 0.6) is 11.5 Å². The molecule has 0 aromatic heterocycles. The zero-order chi connectivity index (χ0) is 14.3. The second kappa shape index (κ2) is 5.18. The van der Waals surface area contributed by atoms with Crippen LogP contribution in [-0.2, 0) is 4.74 Å². The quantitative estimate of drug-likeness (QED) is 0.909. The Bertz CT molecular complexity index is 527. The Kier molecular flexibility index (Phi) is 3.31. The first kappa shape index (κ1) is 13.4. The van der Waals surface area contributed by atoms with Gasteiger partial charge in [-0.25, -0.2) is 0 Å². The summed E-state index contributed by atoms with van der Waals surface area (Å²) >= 11 is 0. The molecule has 4 rings (SSSR count). The van der Waals surface area contributed by atoms with Crippen LogP contribution in [0.4, 0.5) is 0 Å². The van der Waals surface area contributed by atoms with Gasteiger partial charge in [-0.05, 0) is 55.7 Å². The van der Waals surface area contributed by atoms with Crippen molar-refractivity contribution in [3.63, 3.8) is 0 Å². The summed E-state index contributed by atoms with van der Waals surface area (Å²) in [6.45, 7) is 2.09. The van der Waals surface area contributed by atoms with E-state index in [4.69, 9.17) is 19.9 Å². The molecule has 1 aromatic rings. The van der Waals surface area contributed by atoms with Crippen LogP contribution in [0, 0.1) is 5.92 Å². The number of benzene rings is 1. The fourth-order valence-corrected chi connectivity index (χ4v) is 3.83. The lowest BCUT2D eigenvalue weighted by Gasteiger charge is -2.48. The van der Waals surface area contributed by atoms with E-state index < -0.39 is 0 Å². The predicted octanol–water partition coefficient (Wildman–Crippen LogP) is 2.81. The summed E-state index contributed by atoms with van der Waals surface area (Å²) < 4.78 is 17.3. The summed E-state index contributed by atoms with van der Waals surface area (Å²) in [5, 5.41) is 0. The molecule has 4 heteroatoms. The molecule has 2 heterocycles. The van der Waals surface area contributed by atoms with E-state index >= 15 is 0 Å². The first-order valence-electron chi connectivity index (χ1n) is 8.05. The van der Waals surface area contributed by atoms with Crippen molar-refractivity contribution in [1.82, 2.24) is 0 Å². The number of fused-ring (bicyclic) bond motifs is 1. The SMILES string of the molecule is NC(c1ccc2c(c1)OCCO2)C1CCOC2(CCC2)C1. The first-order chi connectivity index (χ1) is 10.3. The van der Waals surface area contributed by atoms with Crippen molar-refractivity contribution in [3.8, 4) is 11.5 Å². The fraction of sp³-hybridized carbons (Fsp3) is 0.647. The summed E-state index contributed by atoms with van der Waals surface area (Å²) in [6, 6.07) is 6.19. The second-order valence-corrected chi connectivity index (χ2v) is 6.57. The summed E-state index contributed by atoms with van der Waals surface area (Å²) in [7, 11) is 0. The van der Waals surface area contributed by atoms with Crippen molar-refractivity contribution in [3.05, 3.63) is 23.8 Å². The third-order valence-electron chi connectivity index (χ3n) is 5.25. The number of rotatable bonds is 2. The Balaban J connectivity index is 1.52. The van der Waals surface area contributed by atoms with Gasteiger partial charge in [-0.2, -0.15) is 0 Å². The van der Waals surface area contributed by atoms with Crippen LogP contribution in [0.2, 0.25) is 0 Å². The van der Waals surface area contributed by atoms with Gasteiger partial charge in [0, 0.05) is 12.6 Å². The standard InChI is InChI=1S/C17H23NO3/c18-16(13-4-7-21-17(11-13)5-1-6-17)12-2-3-14-15(10-12)20-9-8-19-14/h2-3,10,13,16H,1,4-9,11,18H2. The van der Waals surface area contributed by atoms with Crippen LogP contribution in [0.3, 0.4) is 0 Å². The molecule has 1 spiro atoms. The highest BCUT2D eigenvalue weighted by Gasteiger charge is 2.44. The normalized spacial score (nSPS) is 28.0. The molecule has 2 unspecified atom stereocenters. The van der Waals surface area contributed by atoms with Crippen molar-refractivity contribution in [2.75, 3.05) is 19.8 Å². The molecule has 4 nitrogen and oxygen atoms in total. The molecule has 2 atom stereocenters. The molecule has 0 bridgehead atoms. The van der Waals surface area contributed by atoms with Crippen LogP contribution < -0.4 is 15.2 Å². The summed E-state index contributed by atoms with van der Waals surface area (Å²) in [5.41, 5.74) is 7.85.